The number of hydrogen-bond acceptors (Lipinski definition) is 3. The van der Waals surface area contributed by atoms with E-state index >= 15 is 0 Å². The maximum atomic E-state index is 12.3. The van der Waals surface area contributed by atoms with E-state index in [1.54, 1.807) is 6.07 Å². The highest BCUT2D eigenvalue weighted by Gasteiger charge is 2.21. The highest BCUT2D eigenvalue weighted by atomic mass is 16.5. The summed E-state index contributed by atoms with van der Waals surface area (Å²) >= 11 is 0. The Morgan fingerprint density at radius 3 is 2.61 bits per heavy atom. The fourth-order valence-corrected chi connectivity index (χ4v) is 2.03. The molecule has 0 aliphatic rings. The maximum absolute atomic E-state index is 12.3. The van der Waals surface area contributed by atoms with Crippen molar-refractivity contribution in [2.24, 2.45) is 0 Å². The van der Waals surface area contributed by atoms with Crippen LogP contribution in [0.1, 0.15) is 35.8 Å². The van der Waals surface area contributed by atoms with Crippen LogP contribution in [0.25, 0.3) is 10.9 Å². The van der Waals surface area contributed by atoms with Crippen LogP contribution in [-0.2, 0) is 4.74 Å². The van der Waals surface area contributed by atoms with Crippen LogP contribution < -0.4 is 4.73 Å². The molecule has 94 valence electrons. The SMILES string of the molecule is COC(=O)c1ccc2cccc(C(C)C)c2[n+]1[O-]. The topological polar surface area (TPSA) is 53.2 Å². The highest BCUT2D eigenvalue weighted by Crippen LogP contribution is 2.22. The summed E-state index contributed by atoms with van der Waals surface area (Å²) in [6.45, 7) is 4.03. The molecule has 2 rings (SSSR count). The van der Waals surface area contributed by atoms with Crippen LogP contribution in [0.15, 0.2) is 30.3 Å². The normalized spacial score (nSPS) is 10.9. The van der Waals surface area contributed by atoms with Gasteiger partial charge in [0.25, 0.3) is 0 Å². The Labute approximate surface area is 105 Å². The summed E-state index contributed by atoms with van der Waals surface area (Å²) < 4.78 is 5.27. The van der Waals surface area contributed by atoms with E-state index in [0.29, 0.717) is 10.2 Å². The predicted octanol–water partition coefficient (Wildman–Crippen LogP) is 2.38. The second-order valence-corrected chi connectivity index (χ2v) is 4.44. The molecule has 0 saturated carbocycles. The number of para-hydroxylation sites is 1. The van der Waals surface area contributed by atoms with Gasteiger partial charge in [0.05, 0.1) is 7.11 Å². The van der Waals surface area contributed by atoms with Gasteiger partial charge >= 0.3 is 11.7 Å². The first-order valence-corrected chi connectivity index (χ1v) is 5.79. The minimum Gasteiger partial charge on any atom is -0.618 e. The van der Waals surface area contributed by atoms with E-state index < -0.39 is 5.97 Å². The van der Waals surface area contributed by atoms with Crippen molar-refractivity contribution in [1.29, 1.82) is 0 Å². The Morgan fingerprint density at radius 2 is 2.00 bits per heavy atom. The van der Waals surface area contributed by atoms with Crippen molar-refractivity contribution in [2.45, 2.75) is 19.8 Å². The van der Waals surface area contributed by atoms with E-state index in [1.165, 1.54) is 13.2 Å². The van der Waals surface area contributed by atoms with Crippen molar-refractivity contribution < 1.29 is 14.3 Å². The van der Waals surface area contributed by atoms with Crippen molar-refractivity contribution in [2.75, 3.05) is 7.11 Å². The summed E-state index contributed by atoms with van der Waals surface area (Å²) in [6, 6.07) is 8.93. The molecule has 4 heteroatoms. The van der Waals surface area contributed by atoms with Gasteiger partial charge in [0.1, 0.15) is 0 Å². The lowest BCUT2D eigenvalue weighted by Crippen LogP contribution is -2.36. The smallest absolute Gasteiger partial charge is 0.404 e. The number of carbonyl (C=O) groups is 1. The fourth-order valence-electron chi connectivity index (χ4n) is 2.03. The average Bonchev–Trinajstić information content (AvgIpc) is 2.37. The molecular formula is C14H15NO3. The minimum absolute atomic E-state index is 0.0121. The van der Waals surface area contributed by atoms with Gasteiger partial charge in [-0.3, -0.25) is 0 Å². The Morgan fingerprint density at radius 1 is 1.28 bits per heavy atom. The second-order valence-electron chi connectivity index (χ2n) is 4.44. The number of methoxy groups -OCH3 is 1. The Hall–Kier alpha value is -2.10. The molecule has 0 radical (unpaired) electrons. The van der Waals surface area contributed by atoms with E-state index in [0.717, 1.165) is 10.9 Å². The van der Waals surface area contributed by atoms with Gasteiger partial charge in [-0.25, -0.2) is 4.79 Å². The number of fused-ring (bicyclic) bond motifs is 1. The lowest BCUT2D eigenvalue weighted by molar-refractivity contribution is -0.580. The van der Waals surface area contributed by atoms with Crippen LogP contribution in [0.3, 0.4) is 0 Å². The largest absolute Gasteiger partial charge is 0.618 e. The van der Waals surface area contributed by atoms with Crippen molar-refractivity contribution in [3.05, 3.63) is 46.8 Å². The molecule has 2 aromatic rings. The van der Waals surface area contributed by atoms with Gasteiger partial charge in [0, 0.05) is 17.0 Å². The summed E-state index contributed by atoms with van der Waals surface area (Å²) in [5.41, 5.74) is 1.47. The zero-order valence-corrected chi connectivity index (χ0v) is 10.6. The van der Waals surface area contributed by atoms with Crippen LogP contribution >= 0.6 is 0 Å². The third kappa shape index (κ3) is 1.90. The van der Waals surface area contributed by atoms with Crippen LogP contribution in [0.5, 0.6) is 0 Å². The molecular weight excluding hydrogens is 230 g/mol. The minimum atomic E-state index is -0.620. The maximum Gasteiger partial charge on any atom is 0.404 e. The first-order valence-electron chi connectivity index (χ1n) is 5.79. The standard InChI is InChI=1S/C14H15NO3/c1-9(2)11-6-4-5-10-7-8-12(14(16)18-3)15(17)13(10)11/h4-9H,1-3H3. The van der Waals surface area contributed by atoms with E-state index in [-0.39, 0.29) is 11.6 Å². The number of ether oxygens (including phenoxy) is 1. The zero-order chi connectivity index (χ0) is 13.3. The molecule has 0 bridgehead atoms. The summed E-state index contributed by atoms with van der Waals surface area (Å²) in [5, 5.41) is 13.1. The molecule has 0 spiro atoms. The Bertz CT molecular complexity index is 605. The molecule has 0 aliphatic carbocycles. The van der Waals surface area contributed by atoms with Crippen LogP contribution in [-0.4, -0.2) is 13.1 Å². The molecule has 0 unspecified atom stereocenters. The first kappa shape index (κ1) is 12.4. The number of pyridine rings is 1. The van der Waals surface area contributed by atoms with Crippen molar-refractivity contribution in [1.82, 2.24) is 0 Å². The molecule has 0 saturated heterocycles. The molecule has 4 nitrogen and oxygen atoms in total. The molecule has 0 fully saturated rings. The Balaban J connectivity index is 2.79. The van der Waals surface area contributed by atoms with Gasteiger partial charge in [0.2, 0.25) is 5.52 Å². The molecule has 0 aliphatic heterocycles. The van der Waals surface area contributed by atoms with E-state index in [2.05, 4.69) is 4.74 Å². The van der Waals surface area contributed by atoms with Crippen molar-refractivity contribution in [3.8, 4) is 0 Å². The molecule has 1 heterocycles. The fraction of sp³-hybridized carbons (Fsp3) is 0.286. The number of nitrogens with zero attached hydrogens (tertiary/aromatic N) is 1. The lowest BCUT2D eigenvalue weighted by atomic mass is 9.99. The zero-order valence-electron chi connectivity index (χ0n) is 10.6. The molecule has 0 atom stereocenters. The second kappa shape index (κ2) is 4.64. The predicted molar refractivity (Wildman–Crippen MR) is 68.3 cm³/mol. The van der Waals surface area contributed by atoms with Gasteiger partial charge in [0.15, 0.2) is 0 Å². The summed E-state index contributed by atoms with van der Waals surface area (Å²) in [5.74, 6) is -0.410. The van der Waals surface area contributed by atoms with E-state index in [9.17, 15) is 10.0 Å². The number of benzene rings is 1. The van der Waals surface area contributed by atoms with E-state index in [1.807, 2.05) is 32.0 Å². The van der Waals surface area contributed by atoms with Crippen molar-refractivity contribution in [3.63, 3.8) is 0 Å². The van der Waals surface area contributed by atoms with Gasteiger partial charge in [-0.05, 0) is 18.1 Å². The number of aromatic nitrogens is 1. The monoisotopic (exact) mass is 245 g/mol. The van der Waals surface area contributed by atoms with Crippen LogP contribution in [0, 0.1) is 5.21 Å². The number of rotatable bonds is 2. The summed E-state index contributed by atoms with van der Waals surface area (Å²) in [4.78, 5) is 11.5. The molecule has 0 N–H and O–H groups in total. The summed E-state index contributed by atoms with van der Waals surface area (Å²) in [7, 11) is 1.26. The van der Waals surface area contributed by atoms with Gasteiger partial charge in [-0.2, -0.15) is 4.73 Å². The van der Waals surface area contributed by atoms with Gasteiger partial charge in [-0.1, -0.05) is 26.0 Å². The number of carbonyl (C=O) groups excluding carboxylic acids is 1. The lowest BCUT2D eigenvalue weighted by Gasteiger charge is -2.11. The molecule has 18 heavy (non-hydrogen) atoms. The van der Waals surface area contributed by atoms with Gasteiger partial charge in [-0.15, -0.1) is 0 Å². The molecule has 0 amide bonds. The number of esters is 1. The molecule has 1 aromatic carbocycles. The highest BCUT2D eigenvalue weighted by molar-refractivity contribution is 5.88. The third-order valence-electron chi connectivity index (χ3n) is 2.96. The average molecular weight is 245 g/mol. The molecule has 1 aromatic heterocycles. The van der Waals surface area contributed by atoms with Gasteiger partial charge < -0.3 is 9.94 Å². The Kier molecular flexibility index (Phi) is 3.19. The van der Waals surface area contributed by atoms with E-state index in [4.69, 9.17) is 0 Å². The van der Waals surface area contributed by atoms with Crippen LogP contribution in [0.2, 0.25) is 0 Å². The summed E-state index contributed by atoms with van der Waals surface area (Å²) in [6.07, 6.45) is 0. The quantitative estimate of drug-likeness (QED) is 0.463. The van der Waals surface area contributed by atoms with Crippen molar-refractivity contribution >= 4 is 16.9 Å². The van der Waals surface area contributed by atoms with Crippen LogP contribution in [0.4, 0.5) is 0 Å². The number of hydrogen-bond donors (Lipinski definition) is 0. The third-order valence-corrected chi connectivity index (χ3v) is 2.96. The first-order chi connectivity index (χ1) is 8.56.